The fraction of sp³-hybridized carbons (Fsp3) is 0.389. The zero-order chi connectivity index (χ0) is 17.8. The Bertz CT molecular complexity index is 865. The average Bonchev–Trinajstić information content (AvgIpc) is 3.16. The second-order valence-electron chi connectivity index (χ2n) is 6.39. The molecule has 0 unspecified atom stereocenters. The molecule has 0 radical (unpaired) electrons. The minimum Gasteiger partial charge on any atom is -0.383 e. The van der Waals surface area contributed by atoms with Crippen molar-refractivity contribution in [2.24, 2.45) is 5.92 Å². The summed E-state index contributed by atoms with van der Waals surface area (Å²) >= 11 is 0. The standard InChI is InChI=1S/C18H23N5O2/c1-12(2)10-16-19-18(22-21-16)20-17(24)15-11-13-6-4-5-7-14(13)23(15)8-9-25-3/h4-7,11-12H,8-10H2,1-3H3,(H2,19,20,21,22,24). The Balaban J connectivity index is 1.84. The number of nitrogens with zero attached hydrogens (tertiary/aromatic N) is 3. The highest BCUT2D eigenvalue weighted by Crippen LogP contribution is 2.20. The number of para-hydroxylation sites is 1. The number of carbonyl (C=O) groups excluding carboxylic acids is 1. The molecule has 0 atom stereocenters. The molecular formula is C18H23N5O2. The number of amides is 1. The van der Waals surface area contributed by atoms with Gasteiger partial charge in [0.25, 0.3) is 5.91 Å². The SMILES string of the molecule is COCCn1c(C(=O)Nc2n[nH]c(CC(C)C)n2)cc2ccccc21. The number of hydrogen-bond acceptors (Lipinski definition) is 4. The molecule has 2 heterocycles. The van der Waals surface area contributed by atoms with E-state index in [0.717, 1.165) is 23.1 Å². The number of rotatable bonds is 7. The molecule has 2 aromatic heterocycles. The maximum absolute atomic E-state index is 12.7. The Kier molecular flexibility index (Phi) is 5.14. The Hall–Kier alpha value is -2.67. The fourth-order valence-electron chi connectivity index (χ4n) is 2.82. The van der Waals surface area contributed by atoms with Crippen LogP contribution in [0.2, 0.25) is 0 Å². The number of H-pyrrole nitrogens is 1. The topological polar surface area (TPSA) is 84.8 Å². The van der Waals surface area contributed by atoms with Gasteiger partial charge >= 0.3 is 0 Å². The number of carbonyl (C=O) groups is 1. The number of hydrogen-bond donors (Lipinski definition) is 2. The van der Waals surface area contributed by atoms with E-state index in [4.69, 9.17) is 4.74 Å². The second kappa shape index (κ2) is 7.48. The van der Waals surface area contributed by atoms with Gasteiger partial charge in [0.2, 0.25) is 5.95 Å². The number of nitrogens with one attached hydrogen (secondary N) is 2. The molecule has 0 aliphatic carbocycles. The number of ether oxygens (including phenoxy) is 1. The summed E-state index contributed by atoms with van der Waals surface area (Å²) in [5, 5.41) is 10.7. The lowest BCUT2D eigenvalue weighted by Crippen LogP contribution is -2.19. The summed E-state index contributed by atoms with van der Waals surface area (Å²) in [5.41, 5.74) is 1.56. The Morgan fingerprint density at radius 2 is 2.16 bits per heavy atom. The van der Waals surface area contributed by atoms with Crippen LogP contribution in [0.1, 0.15) is 30.2 Å². The van der Waals surface area contributed by atoms with Crippen molar-refractivity contribution in [2.45, 2.75) is 26.8 Å². The van der Waals surface area contributed by atoms with E-state index >= 15 is 0 Å². The quantitative estimate of drug-likeness (QED) is 0.692. The zero-order valence-corrected chi connectivity index (χ0v) is 14.7. The van der Waals surface area contributed by atoms with E-state index in [0.29, 0.717) is 30.7 Å². The van der Waals surface area contributed by atoms with Crippen LogP contribution in [0.4, 0.5) is 5.95 Å². The van der Waals surface area contributed by atoms with E-state index < -0.39 is 0 Å². The van der Waals surface area contributed by atoms with Gasteiger partial charge in [-0.15, -0.1) is 5.10 Å². The van der Waals surface area contributed by atoms with Crippen LogP contribution in [0.3, 0.4) is 0 Å². The van der Waals surface area contributed by atoms with Gasteiger partial charge in [0.15, 0.2) is 0 Å². The molecule has 2 N–H and O–H groups in total. The Labute approximate surface area is 146 Å². The van der Waals surface area contributed by atoms with Crippen LogP contribution in [-0.4, -0.2) is 39.4 Å². The summed E-state index contributed by atoms with van der Waals surface area (Å²) in [6.45, 7) is 5.33. The average molecular weight is 341 g/mol. The predicted octanol–water partition coefficient (Wildman–Crippen LogP) is 2.86. The molecule has 7 nitrogen and oxygen atoms in total. The molecule has 0 fully saturated rings. The van der Waals surface area contributed by atoms with Crippen molar-refractivity contribution in [1.29, 1.82) is 0 Å². The van der Waals surface area contributed by atoms with Crippen molar-refractivity contribution in [1.82, 2.24) is 19.7 Å². The highest BCUT2D eigenvalue weighted by atomic mass is 16.5. The number of aromatic amines is 1. The number of fused-ring (bicyclic) bond motifs is 1. The van der Waals surface area contributed by atoms with Crippen molar-refractivity contribution in [3.63, 3.8) is 0 Å². The van der Waals surface area contributed by atoms with E-state index in [1.165, 1.54) is 0 Å². The Morgan fingerprint density at radius 3 is 2.92 bits per heavy atom. The molecule has 1 aromatic carbocycles. The summed E-state index contributed by atoms with van der Waals surface area (Å²) in [7, 11) is 1.65. The lowest BCUT2D eigenvalue weighted by atomic mass is 10.1. The first-order valence-corrected chi connectivity index (χ1v) is 8.38. The van der Waals surface area contributed by atoms with Gasteiger partial charge in [0.05, 0.1) is 6.61 Å². The van der Waals surface area contributed by atoms with Crippen LogP contribution in [0, 0.1) is 5.92 Å². The molecular weight excluding hydrogens is 318 g/mol. The third-order valence-electron chi connectivity index (χ3n) is 3.92. The van der Waals surface area contributed by atoms with Gasteiger partial charge in [-0.3, -0.25) is 15.2 Å². The second-order valence-corrected chi connectivity index (χ2v) is 6.39. The monoisotopic (exact) mass is 341 g/mol. The van der Waals surface area contributed by atoms with Gasteiger partial charge in [-0.2, -0.15) is 4.98 Å². The number of benzene rings is 1. The zero-order valence-electron chi connectivity index (χ0n) is 14.7. The van der Waals surface area contributed by atoms with Crippen molar-refractivity contribution < 1.29 is 9.53 Å². The smallest absolute Gasteiger partial charge is 0.274 e. The molecule has 132 valence electrons. The molecule has 25 heavy (non-hydrogen) atoms. The Morgan fingerprint density at radius 1 is 1.36 bits per heavy atom. The predicted molar refractivity (Wildman–Crippen MR) is 96.7 cm³/mol. The minimum absolute atomic E-state index is 0.234. The van der Waals surface area contributed by atoms with Crippen LogP contribution in [0.15, 0.2) is 30.3 Å². The lowest BCUT2D eigenvalue weighted by molar-refractivity contribution is 0.101. The van der Waals surface area contributed by atoms with Crippen molar-refractivity contribution in [2.75, 3.05) is 19.0 Å². The first kappa shape index (κ1) is 17.2. The highest BCUT2D eigenvalue weighted by molar-refractivity contribution is 6.05. The van der Waals surface area contributed by atoms with Crippen molar-refractivity contribution >= 4 is 22.8 Å². The van der Waals surface area contributed by atoms with Crippen molar-refractivity contribution in [3.8, 4) is 0 Å². The molecule has 1 amide bonds. The summed E-state index contributed by atoms with van der Waals surface area (Å²) in [6.07, 6.45) is 0.789. The molecule has 0 bridgehead atoms. The molecule has 0 saturated carbocycles. The van der Waals surface area contributed by atoms with Gasteiger partial charge in [0.1, 0.15) is 11.5 Å². The minimum atomic E-state index is -0.234. The number of anilines is 1. The van der Waals surface area contributed by atoms with Gasteiger partial charge < -0.3 is 9.30 Å². The maximum Gasteiger partial charge on any atom is 0.274 e. The highest BCUT2D eigenvalue weighted by Gasteiger charge is 2.17. The van der Waals surface area contributed by atoms with E-state index in [9.17, 15) is 4.79 Å². The van der Waals surface area contributed by atoms with Crippen LogP contribution < -0.4 is 5.32 Å². The van der Waals surface area contributed by atoms with Crippen LogP contribution in [0.25, 0.3) is 10.9 Å². The van der Waals surface area contributed by atoms with Gasteiger partial charge in [-0.05, 0) is 18.1 Å². The number of methoxy groups -OCH3 is 1. The van der Waals surface area contributed by atoms with Crippen LogP contribution in [-0.2, 0) is 17.7 Å². The molecule has 0 spiro atoms. The summed E-state index contributed by atoms with van der Waals surface area (Å²) < 4.78 is 7.13. The van der Waals surface area contributed by atoms with Gasteiger partial charge in [-0.1, -0.05) is 32.0 Å². The summed E-state index contributed by atoms with van der Waals surface area (Å²) in [6, 6.07) is 9.78. The normalized spacial score (nSPS) is 11.4. The molecule has 0 aliphatic rings. The number of aromatic nitrogens is 4. The molecule has 0 saturated heterocycles. The first-order chi connectivity index (χ1) is 12.1. The largest absolute Gasteiger partial charge is 0.383 e. The summed E-state index contributed by atoms with van der Waals surface area (Å²) in [4.78, 5) is 17.1. The third kappa shape index (κ3) is 3.88. The van der Waals surface area contributed by atoms with Crippen molar-refractivity contribution in [3.05, 3.63) is 41.9 Å². The first-order valence-electron chi connectivity index (χ1n) is 8.38. The van der Waals surface area contributed by atoms with E-state index in [2.05, 4.69) is 34.3 Å². The van der Waals surface area contributed by atoms with E-state index in [1.54, 1.807) is 7.11 Å². The molecule has 7 heteroatoms. The van der Waals surface area contributed by atoms with Gasteiger partial charge in [0, 0.05) is 31.0 Å². The summed E-state index contributed by atoms with van der Waals surface area (Å²) in [5.74, 6) is 1.30. The van der Waals surface area contributed by atoms with E-state index in [1.807, 2.05) is 34.9 Å². The van der Waals surface area contributed by atoms with E-state index in [-0.39, 0.29) is 5.91 Å². The van der Waals surface area contributed by atoms with Crippen LogP contribution >= 0.6 is 0 Å². The van der Waals surface area contributed by atoms with Crippen LogP contribution in [0.5, 0.6) is 0 Å². The maximum atomic E-state index is 12.7. The molecule has 0 aliphatic heterocycles. The molecule has 3 aromatic rings. The fourth-order valence-corrected chi connectivity index (χ4v) is 2.82. The molecule has 3 rings (SSSR count). The van der Waals surface area contributed by atoms with Gasteiger partial charge in [-0.25, -0.2) is 0 Å². The third-order valence-corrected chi connectivity index (χ3v) is 3.92. The lowest BCUT2D eigenvalue weighted by Gasteiger charge is -2.09.